The third-order valence-electron chi connectivity index (χ3n) is 4.67. The average molecular weight is 471 g/mol. The lowest BCUT2D eigenvalue weighted by Gasteiger charge is -2.08. The van der Waals surface area contributed by atoms with Gasteiger partial charge in [0.05, 0.1) is 27.9 Å². The Kier molecular flexibility index (Phi) is 5.76. The van der Waals surface area contributed by atoms with E-state index < -0.39 is 24.4 Å². The van der Waals surface area contributed by atoms with E-state index in [0.29, 0.717) is 21.8 Å². The van der Waals surface area contributed by atoms with Crippen molar-refractivity contribution in [1.82, 2.24) is 10.1 Å². The molecule has 4 aromatic heterocycles. The lowest BCUT2D eigenvalue weighted by atomic mass is 10.1. The van der Waals surface area contributed by atoms with Gasteiger partial charge in [-0.15, -0.1) is 22.7 Å². The van der Waals surface area contributed by atoms with Gasteiger partial charge in [0, 0.05) is 15.3 Å². The first-order valence-electron chi connectivity index (χ1n) is 9.43. The number of ether oxygens (including phenoxy) is 1. The molecule has 0 atom stereocenters. The first-order chi connectivity index (χ1) is 15.2. The molecule has 0 radical (unpaired) electrons. The molecule has 0 saturated heterocycles. The van der Waals surface area contributed by atoms with Crippen LogP contribution < -0.4 is 11.1 Å². The van der Waals surface area contributed by atoms with E-state index in [1.807, 2.05) is 19.9 Å². The summed E-state index contributed by atoms with van der Waals surface area (Å²) in [6.45, 7) is 5.11. The molecule has 2 amide bonds. The molecule has 4 rings (SSSR count). The van der Waals surface area contributed by atoms with Gasteiger partial charge < -0.3 is 20.3 Å². The van der Waals surface area contributed by atoms with E-state index in [1.165, 1.54) is 6.07 Å². The molecule has 11 heteroatoms. The second-order valence-electron chi connectivity index (χ2n) is 6.98. The van der Waals surface area contributed by atoms with Crippen molar-refractivity contribution in [3.8, 4) is 11.3 Å². The number of hydrogen-bond acceptors (Lipinski definition) is 9. The van der Waals surface area contributed by atoms with Crippen molar-refractivity contribution in [2.75, 3.05) is 11.9 Å². The third-order valence-corrected chi connectivity index (χ3v) is 6.47. The second-order valence-corrected chi connectivity index (χ2v) is 9.36. The van der Waals surface area contributed by atoms with Crippen LogP contribution in [0, 0.1) is 20.8 Å². The molecule has 0 aliphatic carbocycles. The van der Waals surface area contributed by atoms with Crippen molar-refractivity contribution in [2.45, 2.75) is 20.8 Å². The van der Waals surface area contributed by atoms with Gasteiger partial charge in [-0.3, -0.25) is 9.59 Å². The maximum absolute atomic E-state index is 12.9. The highest BCUT2D eigenvalue weighted by atomic mass is 32.1. The molecule has 0 unspecified atom stereocenters. The fraction of sp³-hybridized carbons (Fsp3) is 0.190. The Morgan fingerprint density at radius 3 is 2.66 bits per heavy atom. The van der Waals surface area contributed by atoms with Crippen LogP contribution in [-0.2, 0) is 9.53 Å². The highest BCUT2D eigenvalue weighted by Crippen LogP contribution is 2.33. The number of nitrogens with one attached hydrogen (secondary N) is 1. The van der Waals surface area contributed by atoms with Gasteiger partial charge in [-0.05, 0) is 44.4 Å². The highest BCUT2D eigenvalue weighted by Gasteiger charge is 2.22. The summed E-state index contributed by atoms with van der Waals surface area (Å²) < 4.78 is 10.5. The number of nitrogens with zero attached hydrogens (tertiary/aromatic N) is 2. The number of pyridine rings is 1. The quantitative estimate of drug-likeness (QED) is 0.408. The van der Waals surface area contributed by atoms with E-state index in [1.54, 1.807) is 29.7 Å². The van der Waals surface area contributed by atoms with Crippen LogP contribution in [0.5, 0.6) is 0 Å². The van der Waals surface area contributed by atoms with Gasteiger partial charge >= 0.3 is 5.97 Å². The van der Waals surface area contributed by atoms with Crippen LogP contribution >= 0.6 is 22.7 Å². The Bertz CT molecular complexity index is 1370. The van der Waals surface area contributed by atoms with E-state index in [9.17, 15) is 14.4 Å². The van der Waals surface area contributed by atoms with Crippen molar-refractivity contribution in [3.63, 3.8) is 0 Å². The molecule has 0 bridgehead atoms. The lowest BCUT2D eigenvalue weighted by Crippen LogP contribution is -2.22. The largest absolute Gasteiger partial charge is 0.452 e. The van der Waals surface area contributed by atoms with Crippen molar-refractivity contribution < 1.29 is 23.6 Å². The van der Waals surface area contributed by atoms with Crippen LogP contribution in [0.15, 0.2) is 28.1 Å². The van der Waals surface area contributed by atoms with Crippen molar-refractivity contribution in [3.05, 3.63) is 50.2 Å². The molecule has 32 heavy (non-hydrogen) atoms. The molecule has 164 valence electrons. The predicted molar refractivity (Wildman–Crippen MR) is 121 cm³/mol. The Hall–Kier alpha value is -3.57. The number of thiophene rings is 2. The maximum Gasteiger partial charge on any atom is 0.339 e. The van der Waals surface area contributed by atoms with Crippen molar-refractivity contribution in [2.24, 2.45) is 5.73 Å². The number of fused-ring (bicyclic) bond motifs is 1. The van der Waals surface area contributed by atoms with Crippen LogP contribution in [0.2, 0.25) is 0 Å². The molecule has 0 fully saturated rings. The zero-order chi connectivity index (χ0) is 23.0. The topological polar surface area (TPSA) is 137 Å². The number of rotatable bonds is 6. The molecule has 0 saturated carbocycles. The van der Waals surface area contributed by atoms with E-state index in [4.69, 9.17) is 15.0 Å². The molecule has 0 spiro atoms. The minimum absolute atomic E-state index is 0.191. The molecule has 3 N–H and O–H groups in total. The number of esters is 1. The van der Waals surface area contributed by atoms with E-state index in [0.717, 1.165) is 26.7 Å². The van der Waals surface area contributed by atoms with Crippen LogP contribution in [0.1, 0.15) is 36.2 Å². The zero-order valence-electron chi connectivity index (χ0n) is 17.3. The Morgan fingerprint density at radius 2 is 1.97 bits per heavy atom. The first-order valence-corrected chi connectivity index (χ1v) is 11.1. The molecule has 0 aromatic carbocycles. The summed E-state index contributed by atoms with van der Waals surface area (Å²) in [6, 6.07) is 5.11. The normalized spacial score (nSPS) is 11.0. The number of aryl methyl sites for hydroxylation is 3. The number of aromatic nitrogens is 2. The monoisotopic (exact) mass is 470 g/mol. The summed E-state index contributed by atoms with van der Waals surface area (Å²) in [5, 5.41) is 8.79. The summed E-state index contributed by atoms with van der Waals surface area (Å²) in [5.74, 6) is -1.97. The smallest absolute Gasteiger partial charge is 0.339 e. The van der Waals surface area contributed by atoms with E-state index >= 15 is 0 Å². The van der Waals surface area contributed by atoms with E-state index in [-0.39, 0.29) is 16.8 Å². The molecular formula is C21H18N4O5S2. The molecule has 0 aliphatic rings. The van der Waals surface area contributed by atoms with Gasteiger partial charge in [0.1, 0.15) is 5.00 Å². The van der Waals surface area contributed by atoms with Gasteiger partial charge in [0.2, 0.25) is 0 Å². The minimum atomic E-state index is -0.717. The fourth-order valence-electron chi connectivity index (χ4n) is 3.25. The first kappa shape index (κ1) is 21.7. The minimum Gasteiger partial charge on any atom is -0.452 e. The number of carbonyl (C=O) groups excluding carboxylic acids is 3. The van der Waals surface area contributed by atoms with Gasteiger partial charge in [0.25, 0.3) is 17.5 Å². The summed E-state index contributed by atoms with van der Waals surface area (Å²) in [7, 11) is 0. The van der Waals surface area contributed by atoms with Crippen molar-refractivity contribution in [1.29, 1.82) is 0 Å². The van der Waals surface area contributed by atoms with Crippen LogP contribution in [-0.4, -0.2) is 34.5 Å². The number of amides is 2. The Balaban J connectivity index is 1.58. The summed E-state index contributed by atoms with van der Waals surface area (Å²) in [4.78, 5) is 43.2. The number of carbonyl (C=O) groups is 3. The van der Waals surface area contributed by atoms with Crippen LogP contribution in [0.3, 0.4) is 0 Å². The third kappa shape index (κ3) is 4.12. The second kappa shape index (κ2) is 8.52. The van der Waals surface area contributed by atoms with Gasteiger partial charge in [-0.1, -0.05) is 5.16 Å². The van der Waals surface area contributed by atoms with Gasteiger partial charge in [0.15, 0.2) is 6.61 Å². The maximum atomic E-state index is 12.9. The highest BCUT2D eigenvalue weighted by molar-refractivity contribution is 7.14. The summed E-state index contributed by atoms with van der Waals surface area (Å²) in [5.41, 5.74) is 7.80. The average Bonchev–Trinajstić information content (AvgIpc) is 3.44. The molecule has 4 heterocycles. The SMILES string of the molecule is Cc1cc(-c2cc(C(=O)OCC(=O)Nc3sccc3C(N)=O)c3c(C)noc3n2)c(C)s1. The van der Waals surface area contributed by atoms with Gasteiger partial charge in [-0.2, -0.15) is 0 Å². The summed E-state index contributed by atoms with van der Waals surface area (Å²) in [6.07, 6.45) is 0. The Morgan fingerprint density at radius 1 is 1.19 bits per heavy atom. The van der Waals surface area contributed by atoms with Crippen LogP contribution in [0.25, 0.3) is 22.4 Å². The molecule has 9 nitrogen and oxygen atoms in total. The summed E-state index contributed by atoms with van der Waals surface area (Å²) >= 11 is 2.76. The molecular weight excluding hydrogens is 452 g/mol. The van der Waals surface area contributed by atoms with Crippen molar-refractivity contribution >= 4 is 56.6 Å². The zero-order valence-corrected chi connectivity index (χ0v) is 19.0. The number of primary amides is 1. The number of anilines is 1. The Labute approximate surface area is 190 Å². The number of hydrogen-bond donors (Lipinski definition) is 2. The molecule has 4 aromatic rings. The van der Waals surface area contributed by atoms with E-state index in [2.05, 4.69) is 15.5 Å². The predicted octanol–water partition coefficient (Wildman–Crippen LogP) is 3.83. The number of nitrogens with two attached hydrogens (primary N) is 1. The lowest BCUT2D eigenvalue weighted by molar-refractivity contribution is -0.119. The van der Waals surface area contributed by atoms with Crippen LogP contribution in [0.4, 0.5) is 5.00 Å². The fourth-order valence-corrected chi connectivity index (χ4v) is 4.99. The molecule has 0 aliphatic heterocycles. The standard InChI is InChI=1S/C21H18N4O5S2/c1-9-6-13(11(3)32-9)15-7-14(17-10(2)25-30-19(17)23-15)21(28)29-8-16(26)24-20-12(18(22)27)4-5-31-20/h4-7H,8H2,1-3H3,(H2,22,27)(H,24,26). The van der Waals surface area contributed by atoms with Gasteiger partial charge in [-0.25, -0.2) is 9.78 Å².